The Morgan fingerprint density at radius 2 is 1.45 bits per heavy atom. The molecule has 0 spiro atoms. The molecule has 3 aliphatic rings. The summed E-state index contributed by atoms with van der Waals surface area (Å²) in [5.41, 5.74) is 14.4. The van der Waals surface area contributed by atoms with E-state index in [0.717, 1.165) is 48.3 Å². The van der Waals surface area contributed by atoms with Crippen molar-refractivity contribution in [2.75, 3.05) is 19.0 Å². The Labute approximate surface area is 345 Å². The van der Waals surface area contributed by atoms with E-state index in [1.165, 1.54) is 72.0 Å². The van der Waals surface area contributed by atoms with Crippen LogP contribution < -0.4 is 4.90 Å². The van der Waals surface area contributed by atoms with E-state index in [2.05, 4.69) is 188 Å². The Kier molecular flexibility index (Phi) is 11.2. The first kappa shape index (κ1) is 38.4. The average molecular weight is 756 g/mol. The molecule has 3 nitrogen and oxygen atoms in total. The Balaban J connectivity index is 0.00000231. The van der Waals surface area contributed by atoms with Crippen molar-refractivity contribution in [3.63, 3.8) is 0 Å². The predicted octanol–water partition coefficient (Wildman–Crippen LogP) is 14.1. The summed E-state index contributed by atoms with van der Waals surface area (Å²) < 4.78 is 0. The lowest BCUT2D eigenvalue weighted by Crippen LogP contribution is -2.34. The van der Waals surface area contributed by atoms with E-state index in [0.29, 0.717) is 0 Å². The van der Waals surface area contributed by atoms with Crippen molar-refractivity contribution in [3.8, 4) is 11.1 Å². The summed E-state index contributed by atoms with van der Waals surface area (Å²) in [5, 5.41) is 5.00. The molecule has 1 aliphatic carbocycles. The van der Waals surface area contributed by atoms with Crippen LogP contribution >= 0.6 is 0 Å². The number of likely N-dealkylation sites (N-methyl/N-ethyl adjacent to an activating group) is 1. The number of nitrogens with zero attached hydrogens (tertiary/aromatic N) is 3. The van der Waals surface area contributed by atoms with E-state index in [9.17, 15) is 0 Å². The number of rotatable bonds is 4. The van der Waals surface area contributed by atoms with Gasteiger partial charge in [0.15, 0.2) is 0 Å². The Hall–Kier alpha value is -6.45. The van der Waals surface area contributed by atoms with Crippen LogP contribution in [0.4, 0.5) is 5.69 Å². The van der Waals surface area contributed by atoms with E-state index < -0.39 is 0 Å². The van der Waals surface area contributed by atoms with Gasteiger partial charge in [-0.25, -0.2) is 0 Å². The van der Waals surface area contributed by atoms with E-state index in [1.807, 2.05) is 20.9 Å². The van der Waals surface area contributed by atoms with Gasteiger partial charge in [-0.15, -0.1) is 0 Å². The number of para-hydroxylation sites is 1. The summed E-state index contributed by atoms with van der Waals surface area (Å²) in [5.74, 6) is 1.04. The van der Waals surface area contributed by atoms with Crippen LogP contribution in [0.2, 0.25) is 0 Å². The van der Waals surface area contributed by atoms with Crippen molar-refractivity contribution in [2.24, 2.45) is 10.9 Å². The summed E-state index contributed by atoms with van der Waals surface area (Å²) in [4.78, 5) is 10.0. The second-order valence-electron chi connectivity index (χ2n) is 15.2. The summed E-state index contributed by atoms with van der Waals surface area (Å²) in [6.45, 7) is 11.3. The molecule has 2 aliphatic heterocycles. The van der Waals surface area contributed by atoms with Crippen molar-refractivity contribution in [3.05, 3.63) is 215 Å². The number of hydrogen-bond acceptors (Lipinski definition) is 2. The molecule has 6 aromatic carbocycles. The summed E-state index contributed by atoms with van der Waals surface area (Å²) in [7, 11) is 4.15. The maximum Gasteiger partial charge on any atom is 0.140 e. The number of anilines is 1. The smallest absolute Gasteiger partial charge is 0.140 e. The van der Waals surface area contributed by atoms with Crippen LogP contribution in [-0.4, -0.2) is 24.8 Å². The molecule has 1 unspecified atom stereocenters. The fourth-order valence-electron chi connectivity index (χ4n) is 8.88. The number of amidine groups is 1. The van der Waals surface area contributed by atoms with Crippen LogP contribution in [0.1, 0.15) is 56.7 Å². The zero-order valence-corrected chi connectivity index (χ0v) is 34.5. The molecular weight excluding hydrogens is 703 g/mol. The molecule has 2 heterocycles. The van der Waals surface area contributed by atoms with Gasteiger partial charge in [0.25, 0.3) is 0 Å². The lowest BCUT2D eigenvalue weighted by molar-refractivity contribution is 0.515. The Bertz CT molecular complexity index is 2700. The quantitative estimate of drug-likeness (QED) is 0.101. The minimum atomic E-state index is 0.151. The van der Waals surface area contributed by atoms with E-state index in [4.69, 9.17) is 11.6 Å². The molecule has 0 radical (unpaired) electrons. The van der Waals surface area contributed by atoms with Crippen LogP contribution in [0, 0.1) is 5.92 Å². The maximum atomic E-state index is 5.23. The fraction of sp³-hybridized carbons (Fsp3) is 0.182. The highest BCUT2D eigenvalue weighted by atomic mass is 15.2. The van der Waals surface area contributed by atoms with Gasteiger partial charge in [-0.05, 0) is 92.4 Å². The molecule has 0 N–H and O–H groups in total. The van der Waals surface area contributed by atoms with Gasteiger partial charge < -0.3 is 4.90 Å². The van der Waals surface area contributed by atoms with E-state index >= 15 is 0 Å². The monoisotopic (exact) mass is 755 g/mol. The number of allylic oxidation sites excluding steroid dienone is 10. The van der Waals surface area contributed by atoms with Crippen LogP contribution in [0.25, 0.3) is 38.2 Å². The second-order valence-corrected chi connectivity index (χ2v) is 15.2. The lowest BCUT2D eigenvalue weighted by atomic mass is 9.91. The molecule has 0 fully saturated rings. The highest BCUT2D eigenvalue weighted by Crippen LogP contribution is 2.42. The number of fused-ring (bicyclic) bond motifs is 4. The molecule has 58 heavy (non-hydrogen) atoms. The maximum absolute atomic E-state index is 5.23. The van der Waals surface area contributed by atoms with Gasteiger partial charge >= 0.3 is 0 Å². The summed E-state index contributed by atoms with van der Waals surface area (Å²) in [6.07, 6.45) is 15.3. The highest BCUT2D eigenvalue weighted by molar-refractivity contribution is 6.11. The number of aliphatic imine (C=N–C) groups is 1. The first-order chi connectivity index (χ1) is 28.5. The zero-order chi connectivity index (χ0) is 40.2. The Morgan fingerprint density at radius 3 is 2.26 bits per heavy atom. The van der Waals surface area contributed by atoms with Gasteiger partial charge in [-0.3, -0.25) is 9.89 Å². The van der Waals surface area contributed by atoms with Crippen molar-refractivity contribution in [2.45, 2.75) is 46.5 Å². The van der Waals surface area contributed by atoms with Gasteiger partial charge in [0.05, 0.1) is 0 Å². The standard InChI is InChI=1S/C53H47N3.C2H6/c1-36-17-16-23-38-20-8-11-24-44(38)37(2)56(51(36)35-49(39-18-6-5-7-19-39)52-34-43-22-10-15-28-50(43)55(52)4)53(54-3)47-27-14-13-26-46(47)42-32-31-41-30-29-40-21-9-12-25-45(40)48(41)33-42;1-2/h5-10,12-16,18-23,25-33,35-36H,2,11,17,24,34H2,1,3-4H3;1-2H3/b23-16-,51-35+,52-49-,54-53?;. The topological polar surface area (TPSA) is 18.8 Å². The van der Waals surface area contributed by atoms with E-state index in [-0.39, 0.29) is 5.92 Å². The van der Waals surface area contributed by atoms with Crippen molar-refractivity contribution < 1.29 is 0 Å². The molecule has 0 amide bonds. The number of hydrogen-bond donors (Lipinski definition) is 0. The largest absolute Gasteiger partial charge is 0.347 e. The highest BCUT2D eigenvalue weighted by Gasteiger charge is 2.31. The Morgan fingerprint density at radius 1 is 0.759 bits per heavy atom. The van der Waals surface area contributed by atoms with Crippen molar-refractivity contribution >= 4 is 38.6 Å². The van der Waals surface area contributed by atoms with Crippen LogP contribution in [0.5, 0.6) is 0 Å². The average Bonchev–Trinajstić information content (AvgIpc) is 3.63. The predicted molar refractivity (Wildman–Crippen MR) is 250 cm³/mol. The molecule has 0 bridgehead atoms. The molecular formula is C55H53N3. The first-order valence-corrected chi connectivity index (χ1v) is 20.9. The van der Waals surface area contributed by atoms with Gasteiger partial charge in [-0.2, -0.15) is 0 Å². The normalized spacial score (nSPS) is 19.0. The first-order valence-electron chi connectivity index (χ1n) is 20.9. The van der Waals surface area contributed by atoms with E-state index in [1.54, 1.807) is 0 Å². The fourth-order valence-corrected chi connectivity index (χ4v) is 8.88. The second kappa shape index (κ2) is 17.0. The van der Waals surface area contributed by atoms with Gasteiger partial charge in [0.1, 0.15) is 5.84 Å². The van der Waals surface area contributed by atoms with Crippen LogP contribution in [0.15, 0.2) is 204 Å². The third-order valence-corrected chi connectivity index (χ3v) is 11.8. The summed E-state index contributed by atoms with van der Waals surface area (Å²) >= 11 is 0. The molecule has 288 valence electrons. The van der Waals surface area contributed by atoms with Gasteiger partial charge in [0.2, 0.25) is 0 Å². The van der Waals surface area contributed by atoms with Gasteiger partial charge in [-0.1, -0.05) is 173 Å². The summed E-state index contributed by atoms with van der Waals surface area (Å²) in [6, 6.07) is 48.5. The number of benzene rings is 6. The van der Waals surface area contributed by atoms with Crippen LogP contribution in [-0.2, 0) is 6.42 Å². The molecule has 6 aromatic rings. The third-order valence-electron chi connectivity index (χ3n) is 11.8. The lowest BCUT2D eigenvalue weighted by Gasteiger charge is -2.36. The molecule has 3 heteroatoms. The molecule has 0 aromatic heterocycles. The zero-order valence-electron chi connectivity index (χ0n) is 34.5. The minimum Gasteiger partial charge on any atom is -0.347 e. The van der Waals surface area contributed by atoms with Crippen molar-refractivity contribution in [1.29, 1.82) is 0 Å². The third kappa shape index (κ3) is 7.18. The molecule has 0 saturated heterocycles. The minimum absolute atomic E-state index is 0.151. The van der Waals surface area contributed by atoms with Gasteiger partial charge in [0, 0.05) is 60.3 Å². The van der Waals surface area contributed by atoms with Crippen LogP contribution in [0.3, 0.4) is 0 Å². The SMILES string of the molecule is C=C1C2=C(C=CCC2)/C=C\CC(C)/C(=C\C(=C2/Cc3ccccc3N2C)c2ccccc2)N1C(=NC)c1ccccc1-c1ccc2ccc3ccccc3c2c1.CC. The molecule has 9 rings (SSSR count). The molecule has 0 saturated carbocycles. The van der Waals surface area contributed by atoms with Crippen molar-refractivity contribution in [1.82, 2.24) is 4.90 Å². The molecule has 1 atom stereocenters.